The summed E-state index contributed by atoms with van der Waals surface area (Å²) in [6.45, 7) is 0.179. The average molecular weight is 352 g/mol. The van der Waals surface area contributed by atoms with Gasteiger partial charge in [-0.2, -0.15) is 0 Å². The Bertz CT molecular complexity index is 706. The van der Waals surface area contributed by atoms with Crippen molar-refractivity contribution >= 4 is 33.3 Å². The molecular weight excluding hydrogens is 342 g/mol. The zero-order chi connectivity index (χ0) is 15.4. The summed E-state index contributed by atoms with van der Waals surface area (Å²) in [4.78, 5) is 25.4. The molecule has 108 valence electrons. The lowest BCUT2D eigenvalue weighted by Gasteiger charge is -2.07. The number of nitro groups is 1. The molecule has 0 spiro atoms. The van der Waals surface area contributed by atoms with Crippen molar-refractivity contribution in [3.05, 3.63) is 62.4 Å². The highest BCUT2D eigenvalue weighted by Crippen LogP contribution is 2.28. The number of anilines is 1. The summed E-state index contributed by atoms with van der Waals surface area (Å²) in [6.07, 6.45) is 1.38. The van der Waals surface area contributed by atoms with Gasteiger partial charge in [-0.15, -0.1) is 0 Å². The van der Waals surface area contributed by atoms with Crippen molar-refractivity contribution in [2.45, 2.75) is 6.54 Å². The lowest BCUT2D eigenvalue weighted by atomic mass is 10.2. The van der Waals surface area contributed by atoms with Gasteiger partial charge in [0.15, 0.2) is 0 Å². The standard InChI is InChI=1S/C13H10BrN3O4/c14-9-1-2-12(17(20)21)11(6-9)16-7-10-5-8(13(18)19)3-4-15-10/h1-6,16H,7H2,(H,18,19). The quantitative estimate of drug-likeness (QED) is 0.633. The van der Waals surface area contributed by atoms with E-state index in [2.05, 4.69) is 26.2 Å². The van der Waals surface area contributed by atoms with E-state index in [1.54, 1.807) is 12.1 Å². The Kier molecular flexibility index (Phi) is 4.49. The molecule has 0 aliphatic carbocycles. The van der Waals surface area contributed by atoms with Gasteiger partial charge in [0.1, 0.15) is 5.69 Å². The first-order valence-electron chi connectivity index (χ1n) is 5.83. The number of hydrogen-bond acceptors (Lipinski definition) is 5. The second-order valence-electron chi connectivity index (χ2n) is 4.11. The van der Waals surface area contributed by atoms with Gasteiger partial charge in [-0.3, -0.25) is 15.1 Å². The number of pyridine rings is 1. The van der Waals surface area contributed by atoms with Crippen molar-refractivity contribution in [1.29, 1.82) is 0 Å². The van der Waals surface area contributed by atoms with Gasteiger partial charge in [0.25, 0.3) is 5.69 Å². The second-order valence-corrected chi connectivity index (χ2v) is 5.03. The molecule has 21 heavy (non-hydrogen) atoms. The Morgan fingerprint density at radius 2 is 2.14 bits per heavy atom. The molecule has 1 aromatic carbocycles. The molecule has 2 rings (SSSR count). The SMILES string of the molecule is O=C(O)c1ccnc(CNc2cc(Br)ccc2[N+](=O)[O-])c1. The molecule has 0 fully saturated rings. The Morgan fingerprint density at radius 3 is 2.81 bits per heavy atom. The molecule has 2 N–H and O–H groups in total. The highest BCUT2D eigenvalue weighted by Gasteiger charge is 2.14. The van der Waals surface area contributed by atoms with Gasteiger partial charge in [0, 0.05) is 16.7 Å². The number of nitrogens with zero attached hydrogens (tertiary/aromatic N) is 2. The minimum absolute atomic E-state index is 0.0624. The third-order valence-electron chi connectivity index (χ3n) is 2.68. The highest BCUT2D eigenvalue weighted by atomic mass is 79.9. The maximum atomic E-state index is 10.9. The average Bonchev–Trinajstić information content (AvgIpc) is 2.45. The Labute approximate surface area is 127 Å². The van der Waals surface area contributed by atoms with Crippen LogP contribution in [0.3, 0.4) is 0 Å². The van der Waals surface area contributed by atoms with E-state index in [-0.39, 0.29) is 17.8 Å². The van der Waals surface area contributed by atoms with Gasteiger partial charge >= 0.3 is 5.97 Å². The van der Waals surface area contributed by atoms with E-state index in [4.69, 9.17) is 5.11 Å². The number of halogens is 1. The van der Waals surface area contributed by atoms with Crippen LogP contribution in [0.4, 0.5) is 11.4 Å². The van der Waals surface area contributed by atoms with Crippen LogP contribution < -0.4 is 5.32 Å². The van der Waals surface area contributed by atoms with Crippen LogP contribution in [0.2, 0.25) is 0 Å². The van der Waals surface area contributed by atoms with Crippen molar-refractivity contribution in [3.63, 3.8) is 0 Å². The largest absolute Gasteiger partial charge is 0.478 e. The van der Waals surface area contributed by atoms with Gasteiger partial charge in [-0.05, 0) is 24.3 Å². The van der Waals surface area contributed by atoms with E-state index in [0.29, 0.717) is 15.9 Å². The molecule has 2 aromatic rings. The molecule has 0 saturated heterocycles. The molecule has 7 nitrogen and oxygen atoms in total. The number of carboxylic acid groups (broad SMARTS) is 1. The van der Waals surface area contributed by atoms with Gasteiger partial charge in [0.2, 0.25) is 0 Å². The van der Waals surface area contributed by atoms with E-state index < -0.39 is 10.9 Å². The number of aromatic nitrogens is 1. The van der Waals surface area contributed by atoms with E-state index in [1.165, 1.54) is 24.4 Å². The second kappa shape index (κ2) is 6.31. The summed E-state index contributed by atoms with van der Waals surface area (Å²) in [5.74, 6) is -1.05. The first kappa shape index (κ1) is 14.9. The normalized spacial score (nSPS) is 10.1. The third kappa shape index (κ3) is 3.76. The summed E-state index contributed by atoms with van der Waals surface area (Å²) in [7, 11) is 0. The van der Waals surface area contributed by atoms with Crippen LogP contribution >= 0.6 is 15.9 Å². The topological polar surface area (TPSA) is 105 Å². The zero-order valence-electron chi connectivity index (χ0n) is 10.6. The van der Waals surface area contributed by atoms with Crippen molar-refractivity contribution in [2.24, 2.45) is 0 Å². The molecule has 1 heterocycles. The maximum absolute atomic E-state index is 10.9. The molecule has 8 heteroatoms. The van der Waals surface area contributed by atoms with Gasteiger partial charge < -0.3 is 10.4 Å². The Morgan fingerprint density at radius 1 is 1.38 bits per heavy atom. The number of rotatable bonds is 5. The molecule has 0 amide bonds. The lowest BCUT2D eigenvalue weighted by Crippen LogP contribution is -2.06. The van der Waals surface area contributed by atoms with Crippen molar-refractivity contribution in [1.82, 2.24) is 4.98 Å². The van der Waals surface area contributed by atoms with Crippen molar-refractivity contribution in [2.75, 3.05) is 5.32 Å². The molecule has 0 radical (unpaired) electrons. The predicted octanol–water partition coefficient (Wildman–Crippen LogP) is 3.06. The number of benzene rings is 1. The van der Waals surface area contributed by atoms with E-state index in [0.717, 1.165) is 0 Å². The molecule has 0 aliphatic heterocycles. The molecule has 1 aromatic heterocycles. The van der Waals surface area contributed by atoms with E-state index >= 15 is 0 Å². The highest BCUT2D eigenvalue weighted by molar-refractivity contribution is 9.10. The fraction of sp³-hybridized carbons (Fsp3) is 0.0769. The first-order chi connectivity index (χ1) is 9.97. The summed E-state index contributed by atoms with van der Waals surface area (Å²) in [5, 5.41) is 22.7. The molecule has 0 atom stereocenters. The molecule has 0 aliphatic rings. The van der Waals surface area contributed by atoms with Crippen molar-refractivity contribution in [3.8, 4) is 0 Å². The summed E-state index contributed by atoms with van der Waals surface area (Å²) in [5.41, 5.74) is 0.860. The van der Waals surface area contributed by atoms with Gasteiger partial charge in [0.05, 0.1) is 22.7 Å². The number of nitro benzene ring substituents is 1. The van der Waals surface area contributed by atoms with E-state index in [1.807, 2.05) is 0 Å². The maximum Gasteiger partial charge on any atom is 0.335 e. The van der Waals surface area contributed by atoms with Crippen LogP contribution in [0.25, 0.3) is 0 Å². The number of nitrogens with one attached hydrogen (secondary N) is 1. The molecule has 0 unspecified atom stereocenters. The van der Waals surface area contributed by atoms with Gasteiger partial charge in [-0.25, -0.2) is 4.79 Å². The number of hydrogen-bond donors (Lipinski definition) is 2. The third-order valence-corrected chi connectivity index (χ3v) is 3.17. The van der Waals surface area contributed by atoms with Crippen LogP contribution in [0.1, 0.15) is 16.1 Å². The fourth-order valence-corrected chi connectivity index (χ4v) is 2.06. The minimum atomic E-state index is -1.05. The van der Waals surface area contributed by atoms with Crippen LogP contribution in [-0.4, -0.2) is 21.0 Å². The Hall–Kier alpha value is -2.48. The fourth-order valence-electron chi connectivity index (χ4n) is 1.70. The van der Waals surface area contributed by atoms with Crippen LogP contribution in [-0.2, 0) is 6.54 Å². The van der Waals surface area contributed by atoms with Crippen molar-refractivity contribution < 1.29 is 14.8 Å². The monoisotopic (exact) mass is 351 g/mol. The summed E-state index contributed by atoms with van der Waals surface area (Å²) in [6, 6.07) is 7.34. The smallest absolute Gasteiger partial charge is 0.335 e. The number of aromatic carboxylic acids is 1. The number of carboxylic acids is 1. The van der Waals surface area contributed by atoms with Crippen LogP contribution in [0.15, 0.2) is 41.0 Å². The first-order valence-corrected chi connectivity index (χ1v) is 6.62. The molecular formula is C13H10BrN3O4. The predicted molar refractivity (Wildman–Crippen MR) is 79.3 cm³/mol. The molecule has 0 saturated carbocycles. The Balaban J connectivity index is 2.20. The molecule has 0 bridgehead atoms. The summed E-state index contributed by atoms with van der Waals surface area (Å²) >= 11 is 3.25. The van der Waals surface area contributed by atoms with Gasteiger partial charge in [-0.1, -0.05) is 15.9 Å². The zero-order valence-corrected chi connectivity index (χ0v) is 12.2. The van der Waals surface area contributed by atoms with Crippen LogP contribution in [0, 0.1) is 10.1 Å². The van der Waals surface area contributed by atoms with Crippen LogP contribution in [0.5, 0.6) is 0 Å². The summed E-state index contributed by atoms with van der Waals surface area (Å²) < 4.78 is 0.697. The minimum Gasteiger partial charge on any atom is -0.478 e. The number of carbonyl (C=O) groups is 1. The lowest BCUT2D eigenvalue weighted by molar-refractivity contribution is -0.384. The van der Waals surface area contributed by atoms with E-state index in [9.17, 15) is 14.9 Å².